The van der Waals surface area contributed by atoms with Crippen molar-refractivity contribution in [1.29, 1.82) is 0 Å². The number of unbranched alkanes of at least 4 members (excludes halogenated alkanes) is 1. The van der Waals surface area contributed by atoms with Gasteiger partial charge in [-0.25, -0.2) is 0 Å². The molecule has 0 amide bonds. The molecule has 0 saturated heterocycles. The van der Waals surface area contributed by atoms with Crippen LogP contribution in [-0.2, 0) is 10.8 Å². The summed E-state index contributed by atoms with van der Waals surface area (Å²) in [7, 11) is 0.975. The largest absolute Gasteiger partial charge is 0.317 e. The van der Waals surface area contributed by atoms with Crippen LogP contribution in [-0.4, -0.2) is 23.1 Å². The van der Waals surface area contributed by atoms with Crippen LogP contribution in [0.5, 0.6) is 0 Å². The van der Waals surface area contributed by atoms with Crippen molar-refractivity contribution in [2.75, 3.05) is 12.8 Å². The Morgan fingerprint density at radius 3 is 2.61 bits per heavy atom. The second-order valence-corrected chi connectivity index (χ2v) is 6.70. The van der Waals surface area contributed by atoms with Crippen molar-refractivity contribution in [2.24, 2.45) is 0 Å². The van der Waals surface area contributed by atoms with Gasteiger partial charge in [-0.05, 0) is 45.0 Å². The average Bonchev–Trinajstić information content (AvgIpc) is 2.37. The first-order valence-corrected chi connectivity index (χ1v) is 8.12. The van der Waals surface area contributed by atoms with E-state index in [9.17, 15) is 4.21 Å². The quantitative estimate of drug-likeness (QED) is 0.775. The molecule has 2 nitrogen and oxygen atoms in total. The van der Waals surface area contributed by atoms with Gasteiger partial charge in [-0.15, -0.1) is 0 Å². The third kappa shape index (κ3) is 5.27. The molecule has 1 aromatic carbocycles. The minimum atomic E-state index is -0.982. The van der Waals surface area contributed by atoms with Gasteiger partial charge in [-0.2, -0.15) is 0 Å². The summed E-state index contributed by atoms with van der Waals surface area (Å²) >= 11 is 11.7. The fraction of sp³-hybridized carbons (Fsp3) is 0.538. The molecule has 0 aliphatic heterocycles. The third-order valence-electron chi connectivity index (χ3n) is 2.86. The van der Waals surface area contributed by atoms with Crippen molar-refractivity contribution in [3.05, 3.63) is 28.2 Å². The van der Waals surface area contributed by atoms with Gasteiger partial charge in [-0.3, -0.25) is 4.21 Å². The Labute approximate surface area is 122 Å². The predicted molar refractivity (Wildman–Crippen MR) is 80.1 cm³/mol. The van der Waals surface area contributed by atoms with Gasteiger partial charge in [0.25, 0.3) is 0 Å². The molecule has 18 heavy (non-hydrogen) atoms. The number of rotatable bonds is 7. The summed E-state index contributed by atoms with van der Waals surface area (Å²) in [5, 5.41) is 4.15. The molecule has 0 radical (unpaired) electrons. The Balaban J connectivity index is 2.39. The van der Waals surface area contributed by atoms with Crippen molar-refractivity contribution < 1.29 is 4.21 Å². The van der Waals surface area contributed by atoms with Crippen molar-refractivity contribution >= 4 is 34.0 Å². The summed E-state index contributed by atoms with van der Waals surface area (Å²) in [5.74, 6) is 0.675. The van der Waals surface area contributed by atoms with Gasteiger partial charge in [0.2, 0.25) is 0 Å². The zero-order valence-corrected chi connectivity index (χ0v) is 13.0. The first-order chi connectivity index (χ1) is 8.54. The molecular weight excluding hydrogens is 289 g/mol. The molecule has 5 heteroatoms. The Morgan fingerprint density at radius 1 is 1.28 bits per heavy atom. The molecular formula is C13H19Cl2NOS. The van der Waals surface area contributed by atoms with Crippen LogP contribution in [0.3, 0.4) is 0 Å². The lowest BCUT2D eigenvalue weighted by Crippen LogP contribution is -2.20. The highest BCUT2D eigenvalue weighted by Crippen LogP contribution is 2.24. The van der Waals surface area contributed by atoms with E-state index in [1.54, 1.807) is 18.2 Å². The highest BCUT2D eigenvalue weighted by Gasteiger charge is 2.07. The number of halogens is 2. The van der Waals surface area contributed by atoms with Gasteiger partial charge < -0.3 is 5.32 Å². The normalized spacial score (nSPS) is 14.4. The Morgan fingerprint density at radius 2 is 2.00 bits per heavy atom. The second-order valence-electron chi connectivity index (χ2n) is 4.31. The predicted octanol–water partition coefficient (Wildman–Crippen LogP) is 3.88. The first-order valence-electron chi connectivity index (χ1n) is 6.05. The number of nitrogens with one attached hydrogen (secondary N) is 1. The summed E-state index contributed by atoms with van der Waals surface area (Å²) in [6.07, 6.45) is 3.14. The maximum Gasteiger partial charge on any atom is 0.0604 e. The van der Waals surface area contributed by atoms with Crippen molar-refractivity contribution in [2.45, 2.75) is 37.1 Å². The fourth-order valence-electron chi connectivity index (χ4n) is 1.56. The second kappa shape index (κ2) is 8.16. The smallest absolute Gasteiger partial charge is 0.0604 e. The zero-order chi connectivity index (χ0) is 13.5. The molecule has 0 saturated carbocycles. The molecule has 0 bridgehead atoms. The minimum absolute atomic E-state index is 0.464. The lowest BCUT2D eigenvalue weighted by Gasteiger charge is -2.09. The van der Waals surface area contributed by atoms with E-state index in [1.165, 1.54) is 0 Å². The Hall–Kier alpha value is -0.0900. The molecule has 0 aliphatic carbocycles. The molecule has 0 heterocycles. The van der Waals surface area contributed by atoms with E-state index in [4.69, 9.17) is 23.2 Å². The van der Waals surface area contributed by atoms with Crippen LogP contribution in [0.1, 0.15) is 26.2 Å². The average molecular weight is 308 g/mol. The SMILES string of the molecule is CNC(C)CCCCS(=O)c1ccc(Cl)c(Cl)c1. The van der Waals surface area contributed by atoms with Gasteiger partial charge in [0.15, 0.2) is 0 Å². The van der Waals surface area contributed by atoms with E-state index in [0.29, 0.717) is 21.8 Å². The molecule has 0 aliphatic rings. The molecule has 1 rings (SSSR count). The molecule has 0 fully saturated rings. The third-order valence-corrected chi connectivity index (χ3v) is 5.04. The lowest BCUT2D eigenvalue weighted by atomic mass is 10.1. The Kier molecular flexibility index (Phi) is 7.23. The van der Waals surface area contributed by atoms with Gasteiger partial charge in [0, 0.05) is 16.7 Å². The van der Waals surface area contributed by atoms with Gasteiger partial charge in [-0.1, -0.05) is 29.6 Å². The standard InChI is InChI=1S/C13H19Cl2NOS/c1-10(16-2)5-3-4-8-18(17)11-6-7-12(14)13(15)9-11/h6-7,9-10,16H,3-5,8H2,1-2H3. The Bertz CT molecular complexity index is 412. The van der Waals surface area contributed by atoms with E-state index < -0.39 is 10.8 Å². The van der Waals surface area contributed by atoms with Crippen LogP contribution in [0.2, 0.25) is 10.0 Å². The zero-order valence-electron chi connectivity index (χ0n) is 10.7. The van der Waals surface area contributed by atoms with E-state index in [0.717, 1.165) is 24.2 Å². The van der Waals surface area contributed by atoms with E-state index >= 15 is 0 Å². The molecule has 2 atom stereocenters. The number of benzene rings is 1. The van der Waals surface area contributed by atoms with Gasteiger partial charge >= 0.3 is 0 Å². The molecule has 102 valence electrons. The number of hydrogen-bond acceptors (Lipinski definition) is 2. The summed E-state index contributed by atoms with van der Waals surface area (Å²) in [6.45, 7) is 2.15. The van der Waals surface area contributed by atoms with Crippen LogP contribution >= 0.6 is 23.2 Å². The van der Waals surface area contributed by atoms with E-state index in [2.05, 4.69) is 12.2 Å². The number of hydrogen-bond donors (Lipinski definition) is 1. The van der Waals surface area contributed by atoms with Gasteiger partial charge in [0.1, 0.15) is 0 Å². The van der Waals surface area contributed by atoms with E-state index in [-0.39, 0.29) is 0 Å². The molecule has 0 aromatic heterocycles. The van der Waals surface area contributed by atoms with Crippen molar-refractivity contribution in [1.82, 2.24) is 5.32 Å². The molecule has 0 spiro atoms. The summed E-state index contributed by atoms with van der Waals surface area (Å²) in [5.41, 5.74) is 0. The van der Waals surface area contributed by atoms with Crippen LogP contribution in [0, 0.1) is 0 Å². The van der Waals surface area contributed by atoms with Crippen LogP contribution in [0.4, 0.5) is 0 Å². The van der Waals surface area contributed by atoms with E-state index in [1.807, 2.05) is 7.05 Å². The first kappa shape index (κ1) is 16.0. The summed E-state index contributed by atoms with van der Waals surface area (Å²) in [6, 6.07) is 5.68. The highest BCUT2D eigenvalue weighted by molar-refractivity contribution is 7.85. The molecule has 1 N–H and O–H groups in total. The van der Waals surface area contributed by atoms with Crippen LogP contribution < -0.4 is 5.32 Å². The van der Waals surface area contributed by atoms with Crippen molar-refractivity contribution in [3.8, 4) is 0 Å². The van der Waals surface area contributed by atoms with Crippen LogP contribution in [0.15, 0.2) is 23.1 Å². The lowest BCUT2D eigenvalue weighted by molar-refractivity contribution is 0.537. The fourth-order valence-corrected chi connectivity index (χ4v) is 3.10. The summed E-state index contributed by atoms with van der Waals surface area (Å²) in [4.78, 5) is 0.756. The molecule has 1 aromatic rings. The monoisotopic (exact) mass is 307 g/mol. The topological polar surface area (TPSA) is 29.1 Å². The molecule has 2 unspecified atom stereocenters. The maximum absolute atomic E-state index is 12.0. The van der Waals surface area contributed by atoms with Crippen LogP contribution in [0.25, 0.3) is 0 Å². The minimum Gasteiger partial charge on any atom is -0.317 e. The maximum atomic E-state index is 12.0. The highest BCUT2D eigenvalue weighted by atomic mass is 35.5. The van der Waals surface area contributed by atoms with Crippen molar-refractivity contribution in [3.63, 3.8) is 0 Å². The summed E-state index contributed by atoms with van der Waals surface area (Å²) < 4.78 is 12.0. The van der Waals surface area contributed by atoms with Gasteiger partial charge in [0.05, 0.1) is 20.8 Å².